The fourth-order valence-electron chi connectivity index (χ4n) is 2.30. The van der Waals surface area contributed by atoms with Gasteiger partial charge < -0.3 is 4.42 Å². The molecule has 4 rings (SSSR count). The summed E-state index contributed by atoms with van der Waals surface area (Å²) in [5.74, 6) is 0.788. The van der Waals surface area contributed by atoms with E-state index in [0.29, 0.717) is 11.6 Å². The first kappa shape index (κ1) is 14.8. The third-order valence-electron chi connectivity index (χ3n) is 3.49. The number of hydrogen-bond donors (Lipinski definition) is 0. The Morgan fingerprint density at radius 2 is 2.04 bits per heavy atom. The molecule has 0 saturated heterocycles. The molecule has 3 aromatic heterocycles. The van der Waals surface area contributed by atoms with Gasteiger partial charge in [-0.05, 0) is 24.3 Å². The highest BCUT2D eigenvalue weighted by Crippen LogP contribution is 2.28. The molecule has 0 fully saturated rings. The van der Waals surface area contributed by atoms with Gasteiger partial charge in [0.2, 0.25) is 5.89 Å². The van der Waals surface area contributed by atoms with Gasteiger partial charge in [0, 0.05) is 18.4 Å². The SMILES string of the molecule is Cn1ncc2c(SCc3coc(-c4ccc(F)cc4)n3)ncnc21. The van der Waals surface area contributed by atoms with Crippen molar-refractivity contribution in [2.75, 3.05) is 0 Å². The van der Waals surface area contributed by atoms with Crippen molar-refractivity contribution in [1.82, 2.24) is 24.7 Å². The average Bonchev–Trinajstić information content (AvgIpc) is 3.21. The number of halogens is 1. The molecule has 0 amide bonds. The van der Waals surface area contributed by atoms with Crippen molar-refractivity contribution in [3.05, 3.63) is 54.6 Å². The summed E-state index contributed by atoms with van der Waals surface area (Å²) < 4.78 is 20.2. The zero-order valence-corrected chi connectivity index (χ0v) is 13.5. The first-order chi connectivity index (χ1) is 11.7. The second-order valence-corrected chi connectivity index (χ2v) is 6.09. The van der Waals surface area contributed by atoms with Crippen LogP contribution in [0.5, 0.6) is 0 Å². The topological polar surface area (TPSA) is 69.6 Å². The van der Waals surface area contributed by atoms with E-state index in [4.69, 9.17) is 4.42 Å². The third-order valence-corrected chi connectivity index (χ3v) is 4.53. The summed E-state index contributed by atoms with van der Waals surface area (Å²) in [5, 5.41) is 5.95. The summed E-state index contributed by atoms with van der Waals surface area (Å²) >= 11 is 1.54. The Balaban J connectivity index is 1.53. The number of nitrogens with zero attached hydrogens (tertiary/aromatic N) is 5. The van der Waals surface area contributed by atoms with Crippen molar-refractivity contribution >= 4 is 22.8 Å². The Kier molecular flexibility index (Phi) is 3.73. The van der Waals surface area contributed by atoms with Crippen LogP contribution >= 0.6 is 11.8 Å². The zero-order valence-electron chi connectivity index (χ0n) is 12.7. The van der Waals surface area contributed by atoms with Crippen molar-refractivity contribution in [2.24, 2.45) is 7.05 Å². The van der Waals surface area contributed by atoms with E-state index < -0.39 is 0 Å². The lowest BCUT2D eigenvalue weighted by molar-refractivity contribution is 0.573. The summed E-state index contributed by atoms with van der Waals surface area (Å²) in [6.45, 7) is 0. The van der Waals surface area contributed by atoms with E-state index in [-0.39, 0.29) is 5.82 Å². The van der Waals surface area contributed by atoms with E-state index in [9.17, 15) is 4.39 Å². The number of thioether (sulfide) groups is 1. The smallest absolute Gasteiger partial charge is 0.226 e. The van der Waals surface area contributed by atoms with Gasteiger partial charge in [0.1, 0.15) is 23.4 Å². The highest BCUT2D eigenvalue weighted by atomic mass is 32.2. The molecule has 1 aromatic carbocycles. The standard InChI is InChI=1S/C16H12FN5OS/c1-22-14-13(6-20-22)16(19-9-18-14)24-8-12-7-23-15(21-12)10-2-4-11(17)5-3-10/h2-7,9H,8H2,1H3. The van der Waals surface area contributed by atoms with Crippen LogP contribution in [0.1, 0.15) is 5.69 Å². The largest absolute Gasteiger partial charge is 0.444 e. The molecule has 0 spiro atoms. The molecule has 0 saturated carbocycles. The molecular weight excluding hydrogens is 329 g/mol. The van der Waals surface area contributed by atoms with Crippen molar-refractivity contribution in [3.63, 3.8) is 0 Å². The molecule has 3 heterocycles. The van der Waals surface area contributed by atoms with Crippen molar-refractivity contribution in [3.8, 4) is 11.5 Å². The maximum atomic E-state index is 13.0. The second kappa shape index (κ2) is 6.04. The van der Waals surface area contributed by atoms with Gasteiger partial charge >= 0.3 is 0 Å². The van der Waals surface area contributed by atoms with E-state index in [1.165, 1.54) is 18.5 Å². The summed E-state index contributed by atoms with van der Waals surface area (Å²) in [6.07, 6.45) is 4.89. The van der Waals surface area contributed by atoms with Gasteiger partial charge in [0.25, 0.3) is 0 Å². The molecule has 0 unspecified atom stereocenters. The van der Waals surface area contributed by atoms with E-state index >= 15 is 0 Å². The molecule has 0 radical (unpaired) electrons. The molecule has 0 N–H and O–H groups in total. The lowest BCUT2D eigenvalue weighted by Crippen LogP contribution is -1.93. The van der Waals surface area contributed by atoms with Gasteiger partial charge in [-0.15, -0.1) is 0 Å². The fraction of sp³-hybridized carbons (Fsp3) is 0.125. The van der Waals surface area contributed by atoms with Crippen LogP contribution in [0.3, 0.4) is 0 Å². The van der Waals surface area contributed by atoms with Crippen LogP contribution in [0.2, 0.25) is 0 Å². The maximum Gasteiger partial charge on any atom is 0.226 e. The van der Waals surface area contributed by atoms with Gasteiger partial charge in [0.05, 0.1) is 17.3 Å². The fourth-order valence-corrected chi connectivity index (χ4v) is 3.13. The molecular formula is C16H12FN5OS. The van der Waals surface area contributed by atoms with Gasteiger partial charge in [-0.2, -0.15) is 5.10 Å². The van der Waals surface area contributed by atoms with E-state index in [2.05, 4.69) is 20.1 Å². The lowest BCUT2D eigenvalue weighted by Gasteiger charge is -1.99. The van der Waals surface area contributed by atoms with Gasteiger partial charge in [0.15, 0.2) is 5.65 Å². The van der Waals surface area contributed by atoms with Gasteiger partial charge in [-0.25, -0.2) is 19.3 Å². The molecule has 120 valence electrons. The number of aromatic nitrogens is 5. The van der Waals surface area contributed by atoms with Crippen molar-refractivity contribution in [1.29, 1.82) is 0 Å². The summed E-state index contributed by atoms with van der Waals surface area (Å²) in [6, 6.07) is 6.05. The van der Waals surface area contributed by atoms with Crippen LogP contribution in [0.4, 0.5) is 4.39 Å². The number of aryl methyl sites for hydroxylation is 1. The average molecular weight is 341 g/mol. The highest BCUT2D eigenvalue weighted by Gasteiger charge is 2.11. The number of hydrogen-bond acceptors (Lipinski definition) is 6. The van der Waals surface area contributed by atoms with E-state index in [1.807, 2.05) is 7.05 Å². The Labute approximate surface area is 140 Å². The number of oxazole rings is 1. The number of rotatable bonds is 4. The van der Waals surface area contributed by atoms with E-state index in [0.717, 1.165) is 27.3 Å². The Morgan fingerprint density at radius 3 is 2.88 bits per heavy atom. The zero-order chi connectivity index (χ0) is 16.5. The maximum absolute atomic E-state index is 13.0. The first-order valence-electron chi connectivity index (χ1n) is 7.16. The Morgan fingerprint density at radius 1 is 1.21 bits per heavy atom. The predicted molar refractivity (Wildman–Crippen MR) is 87.8 cm³/mol. The molecule has 8 heteroatoms. The molecule has 0 aliphatic rings. The molecule has 4 aromatic rings. The lowest BCUT2D eigenvalue weighted by atomic mass is 10.2. The van der Waals surface area contributed by atoms with Crippen LogP contribution in [0.25, 0.3) is 22.5 Å². The summed E-state index contributed by atoms with van der Waals surface area (Å²) in [7, 11) is 1.84. The predicted octanol–water partition coefficient (Wildman–Crippen LogP) is 3.45. The van der Waals surface area contributed by atoms with E-state index in [1.54, 1.807) is 41.0 Å². The minimum absolute atomic E-state index is 0.287. The monoisotopic (exact) mass is 341 g/mol. The van der Waals surface area contributed by atoms with Gasteiger partial charge in [-0.1, -0.05) is 11.8 Å². The molecule has 0 atom stereocenters. The second-order valence-electron chi connectivity index (χ2n) is 5.12. The minimum atomic E-state index is -0.287. The van der Waals surface area contributed by atoms with Crippen molar-refractivity contribution < 1.29 is 8.81 Å². The molecule has 0 aliphatic heterocycles. The molecule has 24 heavy (non-hydrogen) atoms. The summed E-state index contributed by atoms with van der Waals surface area (Å²) in [5.41, 5.74) is 2.32. The molecule has 6 nitrogen and oxygen atoms in total. The molecule has 0 aliphatic carbocycles. The minimum Gasteiger partial charge on any atom is -0.444 e. The highest BCUT2D eigenvalue weighted by molar-refractivity contribution is 7.98. The summed E-state index contributed by atoms with van der Waals surface area (Å²) in [4.78, 5) is 13.0. The van der Waals surface area contributed by atoms with Crippen LogP contribution < -0.4 is 0 Å². The number of benzene rings is 1. The van der Waals surface area contributed by atoms with Crippen LogP contribution in [-0.2, 0) is 12.8 Å². The molecule has 0 bridgehead atoms. The third kappa shape index (κ3) is 2.76. The Hall–Kier alpha value is -2.74. The normalized spacial score (nSPS) is 11.2. The number of fused-ring (bicyclic) bond motifs is 1. The van der Waals surface area contributed by atoms with Gasteiger partial charge in [-0.3, -0.25) is 4.68 Å². The van der Waals surface area contributed by atoms with Crippen LogP contribution in [-0.4, -0.2) is 24.7 Å². The first-order valence-corrected chi connectivity index (χ1v) is 8.15. The van der Waals surface area contributed by atoms with Crippen LogP contribution in [0.15, 0.2) is 52.5 Å². The quantitative estimate of drug-likeness (QED) is 0.418. The Bertz CT molecular complexity index is 995. The van der Waals surface area contributed by atoms with Crippen molar-refractivity contribution in [2.45, 2.75) is 10.8 Å². The van der Waals surface area contributed by atoms with Crippen LogP contribution in [0, 0.1) is 5.82 Å².